The van der Waals surface area contributed by atoms with Gasteiger partial charge in [-0.2, -0.15) is 0 Å². The predicted molar refractivity (Wildman–Crippen MR) is 126 cm³/mol. The Morgan fingerprint density at radius 2 is 2.00 bits per heavy atom. The maximum atomic E-state index is 13.4. The van der Waals surface area contributed by atoms with Crippen LogP contribution in [0.15, 0.2) is 72.1 Å². The Bertz CT molecular complexity index is 1010. The van der Waals surface area contributed by atoms with Crippen LogP contribution in [0.5, 0.6) is 0 Å². The third-order valence-electron chi connectivity index (χ3n) is 5.45. The molecular formula is C25H28ClN3O3. The van der Waals surface area contributed by atoms with E-state index in [9.17, 15) is 14.7 Å². The van der Waals surface area contributed by atoms with E-state index in [4.69, 9.17) is 11.6 Å². The van der Waals surface area contributed by atoms with Crippen LogP contribution in [0.2, 0.25) is 0 Å². The van der Waals surface area contributed by atoms with Crippen LogP contribution in [0.25, 0.3) is 11.1 Å². The van der Waals surface area contributed by atoms with Crippen LogP contribution in [0.1, 0.15) is 30.6 Å². The second-order valence-electron chi connectivity index (χ2n) is 7.90. The zero-order valence-electron chi connectivity index (χ0n) is 18.2. The molecule has 3 rings (SSSR count). The SMILES string of the molecule is C/C=C(Cl)\C=C/C(C)CNC(=O)[C@@H]1C[C@@H](O)CN1C(=O)c1ccccc1-c1ccncc1. The van der Waals surface area contributed by atoms with Gasteiger partial charge in [0.15, 0.2) is 0 Å². The summed E-state index contributed by atoms with van der Waals surface area (Å²) in [6, 6.07) is 10.2. The topological polar surface area (TPSA) is 82.5 Å². The molecule has 7 heteroatoms. The number of aromatic nitrogens is 1. The molecule has 1 aromatic carbocycles. The van der Waals surface area contributed by atoms with E-state index < -0.39 is 12.1 Å². The molecule has 1 aliphatic heterocycles. The van der Waals surface area contributed by atoms with Crippen LogP contribution in [-0.4, -0.2) is 52.0 Å². The number of carbonyl (C=O) groups is 2. The number of pyridine rings is 1. The lowest BCUT2D eigenvalue weighted by molar-refractivity contribution is -0.125. The number of carbonyl (C=O) groups excluding carboxylic acids is 2. The molecule has 1 saturated heterocycles. The van der Waals surface area contributed by atoms with Crippen LogP contribution in [0.4, 0.5) is 0 Å². The van der Waals surface area contributed by atoms with Crippen molar-refractivity contribution in [1.82, 2.24) is 15.2 Å². The third-order valence-corrected chi connectivity index (χ3v) is 5.79. The molecule has 0 radical (unpaired) electrons. The molecule has 2 aromatic rings. The first-order chi connectivity index (χ1) is 15.4. The highest BCUT2D eigenvalue weighted by atomic mass is 35.5. The summed E-state index contributed by atoms with van der Waals surface area (Å²) < 4.78 is 0. The Hall–Kier alpha value is -2.96. The Balaban J connectivity index is 1.74. The summed E-state index contributed by atoms with van der Waals surface area (Å²) in [7, 11) is 0. The summed E-state index contributed by atoms with van der Waals surface area (Å²) in [6.07, 6.45) is 8.31. The number of aliphatic hydroxyl groups excluding tert-OH is 1. The number of β-amino-alcohol motifs (C(OH)–C–C–N with tert-alkyl or cyclic N) is 1. The zero-order valence-corrected chi connectivity index (χ0v) is 19.0. The lowest BCUT2D eigenvalue weighted by Gasteiger charge is -2.25. The Morgan fingerprint density at radius 3 is 2.72 bits per heavy atom. The minimum absolute atomic E-state index is 0.0653. The van der Waals surface area contributed by atoms with Crippen LogP contribution in [0.3, 0.4) is 0 Å². The second kappa shape index (κ2) is 11.1. The highest BCUT2D eigenvalue weighted by Crippen LogP contribution is 2.27. The van der Waals surface area contributed by atoms with Gasteiger partial charge in [0.25, 0.3) is 5.91 Å². The van der Waals surface area contributed by atoms with Crippen LogP contribution >= 0.6 is 11.6 Å². The number of benzene rings is 1. The van der Waals surface area contributed by atoms with E-state index in [-0.39, 0.29) is 30.7 Å². The van der Waals surface area contributed by atoms with Crippen molar-refractivity contribution in [2.24, 2.45) is 5.92 Å². The molecule has 3 atom stereocenters. The minimum atomic E-state index is -0.742. The van der Waals surface area contributed by atoms with E-state index in [1.807, 2.05) is 44.2 Å². The molecule has 1 unspecified atom stereocenters. The summed E-state index contributed by atoms with van der Waals surface area (Å²) in [4.78, 5) is 31.8. The average molecular weight is 454 g/mol. The molecule has 2 N–H and O–H groups in total. The molecule has 168 valence electrons. The second-order valence-corrected chi connectivity index (χ2v) is 8.34. The smallest absolute Gasteiger partial charge is 0.255 e. The van der Waals surface area contributed by atoms with Gasteiger partial charge >= 0.3 is 0 Å². The van der Waals surface area contributed by atoms with Crippen LogP contribution < -0.4 is 5.32 Å². The van der Waals surface area contributed by atoms with Crippen LogP contribution in [-0.2, 0) is 4.79 Å². The number of rotatable bonds is 7. The van der Waals surface area contributed by atoms with E-state index in [2.05, 4.69) is 10.3 Å². The van der Waals surface area contributed by atoms with Gasteiger partial charge in [0.05, 0.1) is 6.10 Å². The van der Waals surface area contributed by atoms with Gasteiger partial charge in [0.2, 0.25) is 5.91 Å². The van der Waals surface area contributed by atoms with Crippen molar-refractivity contribution in [3.63, 3.8) is 0 Å². The van der Waals surface area contributed by atoms with Gasteiger partial charge in [-0.1, -0.05) is 48.9 Å². The van der Waals surface area contributed by atoms with Gasteiger partial charge in [-0.15, -0.1) is 0 Å². The number of hydrogen-bond donors (Lipinski definition) is 2. The number of hydrogen-bond acceptors (Lipinski definition) is 4. The van der Waals surface area contributed by atoms with E-state index in [1.165, 1.54) is 4.90 Å². The highest BCUT2D eigenvalue weighted by Gasteiger charge is 2.39. The first-order valence-corrected chi connectivity index (χ1v) is 11.0. The molecule has 0 spiro atoms. The predicted octanol–water partition coefficient (Wildman–Crippen LogP) is 3.78. The Labute approximate surface area is 193 Å². The quantitative estimate of drug-likeness (QED) is 0.625. The number of nitrogens with one attached hydrogen (secondary N) is 1. The number of nitrogens with zero attached hydrogens (tertiary/aromatic N) is 2. The fraction of sp³-hybridized carbons (Fsp3) is 0.320. The summed E-state index contributed by atoms with van der Waals surface area (Å²) >= 11 is 5.97. The third kappa shape index (κ3) is 5.84. The lowest BCUT2D eigenvalue weighted by Crippen LogP contribution is -2.46. The number of amides is 2. The average Bonchev–Trinajstić information content (AvgIpc) is 3.22. The number of allylic oxidation sites excluding steroid dienone is 3. The van der Waals surface area contributed by atoms with Gasteiger partial charge in [-0.05, 0) is 48.2 Å². The summed E-state index contributed by atoms with van der Waals surface area (Å²) in [6.45, 7) is 4.34. The van der Waals surface area contributed by atoms with Crippen molar-refractivity contribution >= 4 is 23.4 Å². The molecular weight excluding hydrogens is 426 g/mol. The van der Waals surface area contributed by atoms with Gasteiger partial charge in [-0.25, -0.2) is 0 Å². The molecule has 1 aromatic heterocycles. The van der Waals surface area contributed by atoms with Crippen molar-refractivity contribution in [3.8, 4) is 11.1 Å². The summed E-state index contributed by atoms with van der Waals surface area (Å²) in [5.74, 6) is -0.480. The maximum Gasteiger partial charge on any atom is 0.255 e. The first kappa shape index (κ1) is 23.7. The first-order valence-electron chi connectivity index (χ1n) is 10.7. The van der Waals surface area contributed by atoms with E-state index in [1.54, 1.807) is 36.7 Å². The van der Waals surface area contributed by atoms with Crippen molar-refractivity contribution in [1.29, 1.82) is 0 Å². The lowest BCUT2D eigenvalue weighted by atomic mass is 9.99. The monoisotopic (exact) mass is 453 g/mol. The molecule has 0 aliphatic carbocycles. The minimum Gasteiger partial charge on any atom is -0.391 e. The molecule has 1 fully saturated rings. The number of halogens is 1. The molecule has 0 bridgehead atoms. The van der Waals surface area contributed by atoms with Crippen molar-refractivity contribution < 1.29 is 14.7 Å². The van der Waals surface area contributed by atoms with Gasteiger partial charge in [0, 0.05) is 42.5 Å². The normalized spacial score (nSPS) is 19.9. The molecule has 1 aliphatic rings. The van der Waals surface area contributed by atoms with Crippen molar-refractivity contribution in [2.75, 3.05) is 13.1 Å². The number of likely N-dealkylation sites (tertiary alicyclic amines) is 1. The summed E-state index contributed by atoms with van der Waals surface area (Å²) in [5.41, 5.74) is 2.12. The molecule has 6 nitrogen and oxygen atoms in total. The maximum absolute atomic E-state index is 13.4. The Kier molecular flexibility index (Phi) is 8.20. The largest absolute Gasteiger partial charge is 0.391 e. The summed E-state index contributed by atoms with van der Waals surface area (Å²) in [5, 5.41) is 13.8. The molecule has 2 amide bonds. The van der Waals surface area contributed by atoms with Gasteiger partial charge in [-0.3, -0.25) is 14.6 Å². The Morgan fingerprint density at radius 1 is 1.28 bits per heavy atom. The molecule has 32 heavy (non-hydrogen) atoms. The van der Waals surface area contributed by atoms with Gasteiger partial charge < -0.3 is 15.3 Å². The number of aliphatic hydroxyl groups is 1. The zero-order chi connectivity index (χ0) is 23.1. The fourth-order valence-electron chi connectivity index (χ4n) is 3.69. The van der Waals surface area contributed by atoms with Crippen LogP contribution in [0, 0.1) is 5.92 Å². The van der Waals surface area contributed by atoms with E-state index >= 15 is 0 Å². The standard InChI is InChI=1S/C25H28ClN3O3/c1-3-19(26)9-8-17(2)15-28-24(31)23-14-20(30)16-29(23)25(32)22-7-5-4-6-21(22)18-10-12-27-13-11-18/h3-13,17,20,23,30H,14-16H2,1-2H3,(H,28,31)/b9-8-,19-3+/t17?,20-,23+/m1/s1. The van der Waals surface area contributed by atoms with E-state index in [0.717, 1.165) is 11.1 Å². The van der Waals surface area contributed by atoms with Crippen molar-refractivity contribution in [3.05, 3.63) is 77.6 Å². The fourth-order valence-corrected chi connectivity index (χ4v) is 3.77. The van der Waals surface area contributed by atoms with E-state index in [0.29, 0.717) is 17.1 Å². The molecule has 2 heterocycles. The van der Waals surface area contributed by atoms with Gasteiger partial charge in [0.1, 0.15) is 6.04 Å². The van der Waals surface area contributed by atoms with Crippen molar-refractivity contribution in [2.45, 2.75) is 32.4 Å². The molecule has 0 saturated carbocycles. The highest BCUT2D eigenvalue weighted by molar-refractivity contribution is 6.31.